The molecule has 0 saturated heterocycles. The molecular weight excluding hydrogens is 454 g/mol. The van der Waals surface area contributed by atoms with E-state index in [0.29, 0.717) is 16.8 Å². The number of nitrogens with one attached hydrogen (secondary N) is 3. The summed E-state index contributed by atoms with van der Waals surface area (Å²) in [5.41, 5.74) is 3.71. The van der Waals surface area contributed by atoms with E-state index >= 15 is 0 Å². The number of methoxy groups -OCH3 is 1. The third kappa shape index (κ3) is 6.37. The van der Waals surface area contributed by atoms with E-state index in [0.717, 1.165) is 60.2 Å². The molecule has 0 amide bonds. The van der Waals surface area contributed by atoms with Crippen LogP contribution in [0.1, 0.15) is 13.3 Å². The van der Waals surface area contributed by atoms with E-state index < -0.39 is 0 Å². The normalized spacial score (nSPS) is 11.6. The van der Waals surface area contributed by atoms with Crippen LogP contribution in [-0.2, 0) is 0 Å². The van der Waals surface area contributed by atoms with Crippen LogP contribution in [-0.4, -0.2) is 44.2 Å². The van der Waals surface area contributed by atoms with Crippen LogP contribution in [0.3, 0.4) is 0 Å². The number of fused-ring (bicyclic) bond motifs is 2. The van der Waals surface area contributed by atoms with Gasteiger partial charge in [-0.25, -0.2) is 4.98 Å². The number of ether oxygens (including phenoxy) is 1. The van der Waals surface area contributed by atoms with Gasteiger partial charge in [-0.3, -0.25) is 0 Å². The average Bonchev–Trinajstić information content (AvgIpc) is 2.68. The lowest BCUT2D eigenvalue weighted by atomic mass is 10.1. The Morgan fingerprint density at radius 2 is 1.93 bits per heavy atom. The molecule has 1 aromatic carbocycles. The summed E-state index contributed by atoms with van der Waals surface area (Å²) in [4.78, 5) is 9.59. The van der Waals surface area contributed by atoms with Crippen molar-refractivity contribution in [3.63, 3.8) is 0 Å². The standard InChI is InChI=1S/C20H24Cl2N4O.2ClH/c1-3-26(12-9-21)11-4-10-23-19-15-6-5-14(22)13-17(15)24-16-7-8-18(27-2)25-20(16)19;;/h5-8,13H,3-4,9-12H2,1-2H3,(H,23,24);2*1H. The Morgan fingerprint density at radius 3 is 2.62 bits per heavy atom. The number of H-pyrrole nitrogens is 1. The Kier molecular flexibility index (Phi) is 11.1. The van der Waals surface area contributed by atoms with Crippen molar-refractivity contribution in [1.82, 2.24) is 4.98 Å². The number of nitrogens with zero attached hydrogens (tertiary/aromatic N) is 1. The van der Waals surface area contributed by atoms with Gasteiger partial charge in [0.25, 0.3) is 5.52 Å². The highest BCUT2D eigenvalue weighted by atomic mass is 35.5. The van der Waals surface area contributed by atoms with Crippen LogP contribution in [0.5, 0.6) is 5.88 Å². The Balaban J connectivity index is 0.00000210. The number of pyridine rings is 2. The van der Waals surface area contributed by atoms with E-state index in [1.807, 2.05) is 30.3 Å². The fraction of sp³-hybridized carbons (Fsp3) is 0.400. The molecule has 1 atom stereocenters. The van der Waals surface area contributed by atoms with Gasteiger partial charge in [0, 0.05) is 23.4 Å². The molecular formula is C20H26Cl4N4O. The lowest BCUT2D eigenvalue weighted by Crippen LogP contribution is -3.12. The summed E-state index contributed by atoms with van der Waals surface area (Å²) in [6.07, 6.45) is 1.06. The Morgan fingerprint density at radius 1 is 1.14 bits per heavy atom. The van der Waals surface area contributed by atoms with E-state index in [1.165, 1.54) is 4.90 Å². The van der Waals surface area contributed by atoms with E-state index in [4.69, 9.17) is 32.9 Å². The number of aromatic nitrogens is 2. The zero-order valence-electron chi connectivity index (χ0n) is 16.5. The first-order valence-corrected chi connectivity index (χ1v) is 10.2. The number of aromatic amines is 1. The number of anilines is 1. The van der Waals surface area contributed by atoms with Crippen LogP contribution in [0, 0.1) is 0 Å². The number of halogens is 4. The maximum absolute atomic E-state index is 6.18. The lowest BCUT2D eigenvalue weighted by Gasteiger charge is -2.16. The second-order valence-electron chi connectivity index (χ2n) is 6.51. The molecule has 3 N–H and O–H groups in total. The maximum atomic E-state index is 6.18. The van der Waals surface area contributed by atoms with Gasteiger partial charge in [0.1, 0.15) is 11.2 Å². The third-order valence-electron chi connectivity index (χ3n) is 4.79. The van der Waals surface area contributed by atoms with Crippen LogP contribution in [0.25, 0.3) is 21.9 Å². The summed E-state index contributed by atoms with van der Waals surface area (Å²) in [6, 6.07) is 9.64. The molecule has 2 aromatic heterocycles. The second kappa shape index (κ2) is 12.5. The molecule has 2 heterocycles. The van der Waals surface area contributed by atoms with Gasteiger partial charge in [-0.15, -0.1) is 11.6 Å². The number of rotatable bonds is 9. The van der Waals surface area contributed by atoms with Gasteiger partial charge >= 0.3 is 5.88 Å². The highest BCUT2D eigenvalue weighted by molar-refractivity contribution is 6.31. The van der Waals surface area contributed by atoms with Crippen molar-refractivity contribution in [2.24, 2.45) is 0 Å². The predicted octanol–water partition coefficient (Wildman–Crippen LogP) is -3.18. The smallest absolute Gasteiger partial charge is 0.366 e. The molecule has 0 aliphatic rings. The summed E-state index contributed by atoms with van der Waals surface area (Å²) in [6.45, 7) is 6.26. The zero-order chi connectivity index (χ0) is 19.2. The number of hydrogen-bond acceptors (Lipinski definition) is 3. The van der Waals surface area contributed by atoms with Crippen molar-refractivity contribution in [1.29, 1.82) is 0 Å². The second-order valence-corrected chi connectivity index (χ2v) is 7.32. The number of hydrogen-bond donors (Lipinski definition) is 2. The van der Waals surface area contributed by atoms with Gasteiger partial charge in [-0.05, 0) is 31.2 Å². The fourth-order valence-corrected chi connectivity index (χ4v) is 3.72. The van der Waals surface area contributed by atoms with Crippen LogP contribution in [0.2, 0.25) is 5.02 Å². The van der Waals surface area contributed by atoms with Crippen molar-refractivity contribution in [3.05, 3.63) is 35.4 Å². The minimum absolute atomic E-state index is 0. The van der Waals surface area contributed by atoms with Gasteiger partial charge in [-0.1, -0.05) is 11.6 Å². The van der Waals surface area contributed by atoms with Crippen molar-refractivity contribution < 1.29 is 39.4 Å². The van der Waals surface area contributed by atoms with Crippen molar-refractivity contribution >= 4 is 50.8 Å². The highest BCUT2D eigenvalue weighted by Crippen LogP contribution is 2.30. The molecule has 0 bridgehead atoms. The molecule has 5 nitrogen and oxygen atoms in total. The first-order chi connectivity index (χ1) is 13.2. The molecule has 0 aliphatic carbocycles. The SMILES string of the molecule is CC[NH+](CCCl)CCCNc1c2ccc(Cl)cc2nc2ccc(OC)[nH+]c12.[Cl-].[Cl-]. The summed E-state index contributed by atoms with van der Waals surface area (Å²) in [5, 5.41) is 5.33. The summed E-state index contributed by atoms with van der Waals surface area (Å²) >= 11 is 12.1. The molecule has 0 radical (unpaired) electrons. The lowest BCUT2D eigenvalue weighted by molar-refractivity contribution is -0.895. The number of benzene rings is 1. The summed E-state index contributed by atoms with van der Waals surface area (Å²) in [7, 11) is 1.65. The summed E-state index contributed by atoms with van der Waals surface area (Å²) < 4.78 is 5.36. The van der Waals surface area contributed by atoms with Crippen molar-refractivity contribution in [3.8, 4) is 5.88 Å². The van der Waals surface area contributed by atoms with Gasteiger partial charge in [0.05, 0.1) is 44.2 Å². The highest BCUT2D eigenvalue weighted by Gasteiger charge is 2.17. The van der Waals surface area contributed by atoms with Gasteiger partial charge < -0.3 is 39.8 Å². The quantitative estimate of drug-likeness (QED) is 0.193. The number of alkyl halides is 1. The van der Waals surface area contributed by atoms with E-state index in [9.17, 15) is 0 Å². The molecule has 9 heteroatoms. The first-order valence-electron chi connectivity index (χ1n) is 9.29. The Hall–Kier alpha value is -1.24. The molecule has 0 spiro atoms. The van der Waals surface area contributed by atoms with Crippen LogP contribution in [0.15, 0.2) is 30.3 Å². The van der Waals surface area contributed by atoms with Crippen LogP contribution >= 0.6 is 23.2 Å². The molecule has 3 aromatic rings. The minimum Gasteiger partial charge on any atom is -1.00 e. The van der Waals surface area contributed by atoms with Gasteiger partial charge in [0.15, 0.2) is 0 Å². The van der Waals surface area contributed by atoms with Gasteiger partial charge in [-0.2, -0.15) is 4.98 Å². The van der Waals surface area contributed by atoms with E-state index in [2.05, 4.69) is 17.2 Å². The molecule has 0 fully saturated rings. The van der Waals surface area contributed by atoms with Crippen molar-refractivity contribution in [2.75, 3.05) is 44.5 Å². The van der Waals surface area contributed by atoms with Crippen LogP contribution < -0.4 is 44.8 Å². The third-order valence-corrected chi connectivity index (χ3v) is 5.22. The minimum atomic E-state index is 0. The molecule has 1 unspecified atom stereocenters. The molecule has 0 aliphatic heterocycles. The molecule has 160 valence electrons. The number of quaternary nitrogens is 1. The molecule has 3 rings (SSSR count). The fourth-order valence-electron chi connectivity index (χ4n) is 3.29. The van der Waals surface area contributed by atoms with Crippen molar-refractivity contribution in [2.45, 2.75) is 13.3 Å². The largest absolute Gasteiger partial charge is 1.00 e. The van der Waals surface area contributed by atoms with Gasteiger partial charge in [0.2, 0.25) is 0 Å². The maximum Gasteiger partial charge on any atom is 0.366 e. The Labute approximate surface area is 193 Å². The first kappa shape index (κ1) is 25.8. The topological polar surface area (TPSA) is 52.7 Å². The van der Waals surface area contributed by atoms with Crippen LogP contribution in [0.4, 0.5) is 5.69 Å². The molecule has 29 heavy (non-hydrogen) atoms. The molecule has 0 saturated carbocycles. The predicted molar refractivity (Wildman–Crippen MR) is 112 cm³/mol. The monoisotopic (exact) mass is 478 g/mol. The Bertz CT molecular complexity index is 926. The summed E-state index contributed by atoms with van der Waals surface area (Å²) in [5.74, 6) is 1.40. The van der Waals surface area contributed by atoms with E-state index in [-0.39, 0.29) is 24.8 Å². The zero-order valence-corrected chi connectivity index (χ0v) is 19.5. The average molecular weight is 480 g/mol. The van der Waals surface area contributed by atoms with E-state index in [1.54, 1.807) is 7.11 Å².